The fourth-order valence-corrected chi connectivity index (χ4v) is 4.45. The van der Waals surface area contributed by atoms with Crippen LogP contribution in [0.4, 0.5) is 4.39 Å². The number of benzene rings is 2. The molecule has 1 atom stereocenters. The molecule has 0 saturated carbocycles. The van der Waals surface area contributed by atoms with Crippen molar-refractivity contribution in [2.45, 2.75) is 19.5 Å². The summed E-state index contributed by atoms with van der Waals surface area (Å²) in [5, 5.41) is 11.0. The molecule has 0 amide bonds. The van der Waals surface area contributed by atoms with E-state index in [-0.39, 0.29) is 22.7 Å². The number of aryl methyl sites for hydroxylation is 1. The first-order valence-electron chi connectivity index (χ1n) is 11.1. The van der Waals surface area contributed by atoms with Crippen LogP contribution in [0, 0.1) is 12.7 Å². The van der Waals surface area contributed by atoms with Gasteiger partial charge in [-0.2, -0.15) is 0 Å². The Labute approximate surface area is 193 Å². The quantitative estimate of drug-likeness (QED) is 0.623. The molecule has 0 unspecified atom stereocenters. The van der Waals surface area contributed by atoms with Gasteiger partial charge in [0.25, 0.3) is 5.56 Å². The van der Waals surface area contributed by atoms with Crippen molar-refractivity contribution >= 4 is 0 Å². The minimum Gasteiger partial charge on any atom is -0.507 e. The van der Waals surface area contributed by atoms with Crippen molar-refractivity contribution in [3.63, 3.8) is 0 Å². The molecular formula is C26H30FN3O3. The summed E-state index contributed by atoms with van der Waals surface area (Å²) in [4.78, 5) is 18.2. The second-order valence-corrected chi connectivity index (χ2v) is 8.62. The number of aromatic hydroxyl groups is 1. The van der Waals surface area contributed by atoms with Crippen molar-refractivity contribution < 1.29 is 14.2 Å². The number of aromatic nitrogens is 1. The summed E-state index contributed by atoms with van der Waals surface area (Å²) in [7, 11) is 3.67. The van der Waals surface area contributed by atoms with Gasteiger partial charge in [0.15, 0.2) is 0 Å². The number of hydrogen-bond acceptors (Lipinski definition) is 5. The monoisotopic (exact) mass is 451 g/mol. The van der Waals surface area contributed by atoms with Gasteiger partial charge in [-0.05, 0) is 55.4 Å². The molecule has 2 heterocycles. The SMILES string of the molecule is COc1ccc(Cn2c(C)cc(O)c([C@@H](c3cccc(F)c3)N3CCN(C)CC3)c2=O)cc1. The molecule has 1 aromatic heterocycles. The Morgan fingerprint density at radius 3 is 2.39 bits per heavy atom. The third kappa shape index (κ3) is 4.94. The zero-order chi connectivity index (χ0) is 23.5. The Hall–Kier alpha value is -3.16. The fourth-order valence-electron chi connectivity index (χ4n) is 4.45. The van der Waals surface area contributed by atoms with E-state index in [2.05, 4.69) is 16.8 Å². The van der Waals surface area contributed by atoms with Crippen LogP contribution < -0.4 is 10.3 Å². The number of piperazine rings is 1. The number of nitrogens with zero attached hydrogens (tertiary/aromatic N) is 3. The van der Waals surface area contributed by atoms with E-state index < -0.39 is 6.04 Å². The lowest BCUT2D eigenvalue weighted by Gasteiger charge is -2.38. The lowest BCUT2D eigenvalue weighted by atomic mass is 9.95. The first-order chi connectivity index (χ1) is 15.9. The molecule has 4 rings (SSSR count). The van der Waals surface area contributed by atoms with Crippen molar-refractivity contribution in [2.75, 3.05) is 40.3 Å². The van der Waals surface area contributed by atoms with Gasteiger partial charge in [-0.15, -0.1) is 0 Å². The standard InChI is InChI=1S/C26H30FN3O3/c1-18-15-23(31)24(26(32)30(18)17-19-7-9-22(33-3)10-8-19)25(20-5-4-6-21(27)16-20)29-13-11-28(2)12-14-29/h4-10,15-16,25,31H,11-14,17H2,1-3H3/t25-/m1/s1. The molecule has 1 aliphatic rings. The van der Waals surface area contributed by atoms with Crippen molar-refractivity contribution in [2.24, 2.45) is 0 Å². The third-order valence-corrected chi connectivity index (χ3v) is 6.36. The molecule has 0 bridgehead atoms. The lowest BCUT2D eigenvalue weighted by molar-refractivity contribution is 0.125. The van der Waals surface area contributed by atoms with Crippen LogP contribution in [0.2, 0.25) is 0 Å². The van der Waals surface area contributed by atoms with Gasteiger partial charge < -0.3 is 19.3 Å². The van der Waals surface area contributed by atoms with Gasteiger partial charge >= 0.3 is 0 Å². The average molecular weight is 452 g/mol. The van der Waals surface area contributed by atoms with E-state index in [1.165, 1.54) is 12.1 Å². The normalized spacial score (nSPS) is 16.0. The zero-order valence-corrected chi connectivity index (χ0v) is 19.3. The Morgan fingerprint density at radius 1 is 1.06 bits per heavy atom. The fraction of sp³-hybridized carbons (Fsp3) is 0.346. The number of hydrogen-bond donors (Lipinski definition) is 1. The summed E-state index contributed by atoms with van der Waals surface area (Å²) in [5.41, 5.74) is 2.28. The smallest absolute Gasteiger partial charge is 0.259 e. The van der Waals surface area contributed by atoms with Gasteiger partial charge in [-0.3, -0.25) is 9.69 Å². The number of likely N-dealkylation sites (N-methyl/N-ethyl adjacent to an activating group) is 1. The Bertz CT molecular complexity index is 1170. The predicted octanol–water partition coefficient (Wildman–Crippen LogP) is 3.40. The molecule has 0 aliphatic carbocycles. The summed E-state index contributed by atoms with van der Waals surface area (Å²) in [6, 6.07) is 15.0. The van der Waals surface area contributed by atoms with Gasteiger partial charge in [-0.25, -0.2) is 4.39 Å². The molecule has 3 aromatic rings. The maximum atomic E-state index is 14.2. The van der Waals surface area contributed by atoms with E-state index in [9.17, 15) is 14.3 Å². The van der Waals surface area contributed by atoms with Crippen LogP contribution in [-0.2, 0) is 6.54 Å². The minimum absolute atomic E-state index is 0.0586. The number of pyridine rings is 1. The van der Waals surface area contributed by atoms with E-state index in [1.54, 1.807) is 23.8 Å². The van der Waals surface area contributed by atoms with Gasteiger partial charge in [0.2, 0.25) is 0 Å². The number of rotatable bonds is 6. The second-order valence-electron chi connectivity index (χ2n) is 8.62. The highest BCUT2D eigenvalue weighted by atomic mass is 19.1. The number of ether oxygens (including phenoxy) is 1. The Kier molecular flexibility index (Phi) is 6.81. The summed E-state index contributed by atoms with van der Waals surface area (Å²) >= 11 is 0. The number of methoxy groups -OCH3 is 1. The van der Waals surface area contributed by atoms with Crippen LogP contribution in [0.1, 0.15) is 28.4 Å². The number of halogens is 1. The van der Waals surface area contributed by atoms with E-state index in [0.29, 0.717) is 30.9 Å². The van der Waals surface area contributed by atoms with Crippen LogP contribution in [0.5, 0.6) is 11.5 Å². The van der Waals surface area contributed by atoms with Crippen molar-refractivity contribution in [3.05, 3.63) is 93.2 Å². The first kappa shape index (κ1) is 23.0. The van der Waals surface area contributed by atoms with Crippen LogP contribution in [0.25, 0.3) is 0 Å². The largest absolute Gasteiger partial charge is 0.507 e. The van der Waals surface area contributed by atoms with E-state index >= 15 is 0 Å². The van der Waals surface area contributed by atoms with Crippen LogP contribution >= 0.6 is 0 Å². The van der Waals surface area contributed by atoms with Crippen molar-refractivity contribution in [3.8, 4) is 11.5 Å². The topological polar surface area (TPSA) is 57.9 Å². The molecule has 7 heteroatoms. The lowest BCUT2D eigenvalue weighted by Crippen LogP contribution is -2.47. The molecule has 0 radical (unpaired) electrons. The Morgan fingerprint density at radius 2 is 1.76 bits per heavy atom. The molecule has 6 nitrogen and oxygen atoms in total. The van der Waals surface area contributed by atoms with Crippen LogP contribution in [-0.4, -0.2) is 59.8 Å². The maximum absolute atomic E-state index is 14.2. The highest BCUT2D eigenvalue weighted by Crippen LogP contribution is 2.33. The minimum atomic E-state index is -0.537. The van der Waals surface area contributed by atoms with E-state index in [0.717, 1.165) is 24.4 Å². The van der Waals surface area contributed by atoms with Crippen LogP contribution in [0.3, 0.4) is 0 Å². The molecular weight excluding hydrogens is 421 g/mol. The van der Waals surface area contributed by atoms with Crippen LogP contribution in [0.15, 0.2) is 59.4 Å². The average Bonchev–Trinajstić information content (AvgIpc) is 2.80. The summed E-state index contributed by atoms with van der Waals surface area (Å²) < 4.78 is 21.1. The van der Waals surface area contributed by atoms with E-state index in [4.69, 9.17) is 4.74 Å². The van der Waals surface area contributed by atoms with Gasteiger partial charge in [0.05, 0.1) is 25.3 Å². The molecule has 33 heavy (non-hydrogen) atoms. The molecule has 1 aliphatic heterocycles. The van der Waals surface area contributed by atoms with Gasteiger partial charge in [0.1, 0.15) is 17.3 Å². The van der Waals surface area contributed by atoms with E-state index in [1.807, 2.05) is 37.3 Å². The molecule has 2 aromatic carbocycles. The second kappa shape index (κ2) is 9.77. The zero-order valence-electron chi connectivity index (χ0n) is 19.3. The highest BCUT2D eigenvalue weighted by Gasteiger charge is 2.31. The molecule has 1 fully saturated rings. The Balaban J connectivity index is 1.80. The summed E-state index contributed by atoms with van der Waals surface area (Å²) in [6.07, 6.45) is 0. The molecule has 0 spiro atoms. The van der Waals surface area contributed by atoms with Crippen molar-refractivity contribution in [1.29, 1.82) is 0 Å². The maximum Gasteiger partial charge on any atom is 0.259 e. The summed E-state index contributed by atoms with van der Waals surface area (Å²) in [6.45, 7) is 5.25. The van der Waals surface area contributed by atoms with Gasteiger partial charge in [0, 0.05) is 31.9 Å². The molecule has 1 N–H and O–H groups in total. The summed E-state index contributed by atoms with van der Waals surface area (Å²) in [5.74, 6) is 0.323. The molecule has 174 valence electrons. The van der Waals surface area contributed by atoms with Gasteiger partial charge in [-0.1, -0.05) is 24.3 Å². The predicted molar refractivity (Wildman–Crippen MR) is 127 cm³/mol. The highest BCUT2D eigenvalue weighted by molar-refractivity contribution is 5.41. The van der Waals surface area contributed by atoms with Crippen molar-refractivity contribution in [1.82, 2.24) is 14.4 Å². The molecule has 1 saturated heterocycles. The third-order valence-electron chi connectivity index (χ3n) is 6.36. The first-order valence-corrected chi connectivity index (χ1v) is 11.1.